The van der Waals surface area contributed by atoms with Crippen LogP contribution in [0.2, 0.25) is 0 Å². The van der Waals surface area contributed by atoms with Crippen molar-refractivity contribution < 1.29 is 18.7 Å². The standard InChI is InChI=1S/C28H30N4O4/c1-34-22-13-11-18(12-14-22)24-25-27(32-21-10-6-9-20(15-21)29-16-23(33)35-2)30-17-31-28(25)36-26(24)19-7-4-3-5-8-19/h3-5,7-8,11-14,17,20-21,29H,6,9-10,15-16H2,1-2H3,(H,30,31,32)/t20-,21+/m0/s1. The van der Waals surface area contributed by atoms with Crippen molar-refractivity contribution in [3.05, 3.63) is 60.9 Å². The lowest BCUT2D eigenvalue weighted by atomic mass is 9.90. The average Bonchev–Trinajstić information content (AvgIpc) is 3.33. The van der Waals surface area contributed by atoms with Gasteiger partial charge in [0.05, 0.1) is 26.2 Å². The molecule has 8 heteroatoms. The fraction of sp³-hybridized carbons (Fsp3) is 0.321. The summed E-state index contributed by atoms with van der Waals surface area (Å²) in [6.45, 7) is 0.218. The predicted octanol–water partition coefficient (Wildman–Crippen LogP) is 5.05. The van der Waals surface area contributed by atoms with Gasteiger partial charge < -0.3 is 24.5 Å². The molecule has 1 saturated carbocycles. The summed E-state index contributed by atoms with van der Waals surface area (Å²) in [5.74, 6) is 2.03. The Morgan fingerprint density at radius 2 is 1.78 bits per heavy atom. The minimum absolute atomic E-state index is 0.200. The predicted molar refractivity (Wildman–Crippen MR) is 139 cm³/mol. The summed E-state index contributed by atoms with van der Waals surface area (Å²) in [5.41, 5.74) is 3.44. The van der Waals surface area contributed by atoms with Crippen molar-refractivity contribution >= 4 is 22.9 Å². The van der Waals surface area contributed by atoms with Crippen molar-refractivity contribution in [1.29, 1.82) is 0 Å². The van der Waals surface area contributed by atoms with Gasteiger partial charge >= 0.3 is 5.97 Å². The Morgan fingerprint density at radius 3 is 2.53 bits per heavy atom. The summed E-state index contributed by atoms with van der Waals surface area (Å²) in [5, 5.41) is 7.84. The Balaban J connectivity index is 1.52. The topological polar surface area (TPSA) is 98.5 Å². The summed E-state index contributed by atoms with van der Waals surface area (Å²) in [6.07, 6.45) is 5.51. The van der Waals surface area contributed by atoms with Crippen LogP contribution in [-0.2, 0) is 9.53 Å². The smallest absolute Gasteiger partial charge is 0.319 e. The fourth-order valence-corrected chi connectivity index (χ4v) is 4.87. The van der Waals surface area contributed by atoms with E-state index < -0.39 is 0 Å². The van der Waals surface area contributed by atoms with E-state index in [1.54, 1.807) is 7.11 Å². The van der Waals surface area contributed by atoms with E-state index in [1.807, 2.05) is 54.6 Å². The average molecular weight is 487 g/mol. The molecule has 0 aliphatic heterocycles. The van der Waals surface area contributed by atoms with Gasteiger partial charge in [-0.25, -0.2) is 9.97 Å². The van der Waals surface area contributed by atoms with Crippen LogP contribution in [0.25, 0.3) is 33.6 Å². The molecule has 1 fully saturated rings. The van der Waals surface area contributed by atoms with E-state index in [4.69, 9.17) is 13.9 Å². The number of rotatable bonds is 8. The van der Waals surface area contributed by atoms with Crippen LogP contribution in [0.4, 0.5) is 5.82 Å². The lowest BCUT2D eigenvalue weighted by Gasteiger charge is -2.30. The van der Waals surface area contributed by atoms with Crippen LogP contribution in [0.1, 0.15) is 25.7 Å². The number of ether oxygens (including phenoxy) is 2. The molecule has 2 aromatic carbocycles. The van der Waals surface area contributed by atoms with Crippen LogP contribution in [0.15, 0.2) is 65.3 Å². The monoisotopic (exact) mass is 486 g/mol. The molecule has 0 radical (unpaired) electrons. The minimum Gasteiger partial charge on any atom is -0.497 e. The van der Waals surface area contributed by atoms with E-state index in [9.17, 15) is 4.79 Å². The normalized spacial score (nSPS) is 17.6. The fourth-order valence-electron chi connectivity index (χ4n) is 4.87. The minimum atomic E-state index is -0.251. The summed E-state index contributed by atoms with van der Waals surface area (Å²) in [7, 11) is 3.07. The van der Waals surface area contributed by atoms with E-state index in [1.165, 1.54) is 13.4 Å². The molecule has 8 nitrogen and oxygen atoms in total. The number of nitrogens with zero attached hydrogens (tertiary/aromatic N) is 2. The number of hydrogen-bond donors (Lipinski definition) is 2. The number of methoxy groups -OCH3 is 2. The lowest BCUT2D eigenvalue weighted by Crippen LogP contribution is -2.41. The first-order valence-corrected chi connectivity index (χ1v) is 12.2. The van der Waals surface area contributed by atoms with Gasteiger partial charge in [-0.2, -0.15) is 0 Å². The van der Waals surface area contributed by atoms with Crippen LogP contribution in [0.5, 0.6) is 5.75 Å². The molecule has 5 rings (SSSR count). The molecule has 0 amide bonds. The number of hydrogen-bond acceptors (Lipinski definition) is 8. The zero-order valence-corrected chi connectivity index (χ0v) is 20.5. The second-order valence-corrected chi connectivity index (χ2v) is 8.96. The zero-order chi connectivity index (χ0) is 24.9. The molecule has 2 heterocycles. The van der Waals surface area contributed by atoms with Gasteiger partial charge in [-0.15, -0.1) is 0 Å². The largest absolute Gasteiger partial charge is 0.497 e. The van der Waals surface area contributed by atoms with Crippen LogP contribution in [-0.4, -0.2) is 48.8 Å². The van der Waals surface area contributed by atoms with Crippen LogP contribution in [0, 0.1) is 0 Å². The van der Waals surface area contributed by atoms with Gasteiger partial charge in [-0.3, -0.25) is 4.79 Å². The number of benzene rings is 2. The summed E-state index contributed by atoms with van der Waals surface area (Å²) >= 11 is 0. The first kappa shape index (κ1) is 23.8. The number of carbonyl (C=O) groups excluding carboxylic acids is 1. The molecule has 1 aliphatic carbocycles. The third-order valence-corrected chi connectivity index (χ3v) is 6.68. The van der Waals surface area contributed by atoms with Crippen molar-refractivity contribution in [2.75, 3.05) is 26.1 Å². The van der Waals surface area contributed by atoms with Gasteiger partial charge in [0, 0.05) is 23.2 Å². The Kier molecular flexibility index (Phi) is 7.13. The molecule has 4 aromatic rings. The van der Waals surface area contributed by atoms with Gasteiger partial charge in [-0.1, -0.05) is 42.5 Å². The maximum absolute atomic E-state index is 11.6. The number of esters is 1. The molecule has 2 atom stereocenters. The third kappa shape index (κ3) is 5.04. The van der Waals surface area contributed by atoms with Crippen molar-refractivity contribution in [2.45, 2.75) is 37.8 Å². The zero-order valence-electron chi connectivity index (χ0n) is 20.5. The maximum atomic E-state index is 11.6. The Morgan fingerprint density at radius 1 is 1.00 bits per heavy atom. The number of aromatic nitrogens is 2. The van der Waals surface area contributed by atoms with Gasteiger partial charge in [0.25, 0.3) is 0 Å². The number of nitrogens with one attached hydrogen (secondary N) is 2. The van der Waals surface area contributed by atoms with Crippen LogP contribution in [0.3, 0.4) is 0 Å². The van der Waals surface area contributed by atoms with Crippen molar-refractivity contribution in [3.63, 3.8) is 0 Å². The van der Waals surface area contributed by atoms with Gasteiger partial charge in [0.15, 0.2) is 0 Å². The summed E-state index contributed by atoms with van der Waals surface area (Å²) < 4.78 is 16.5. The second-order valence-electron chi connectivity index (χ2n) is 8.96. The molecule has 36 heavy (non-hydrogen) atoms. The highest BCUT2D eigenvalue weighted by molar-refractivity contribution is 6.05. The van der Waals surface area contributed by atoms with Crippen molar-refractivity contribution in [1.82, 2.24) is 15.3 Å². The molecule has 2 N–H and O–H groups in total. The van der Waals surface area contributed by atoms with Gasteiger partial charge in [0.1, 0.15) is 23.7 Å². The maximum Gasteiger partial charge on any atom is 0.319 e. The van der Waals surface area contributed by atoms with E-state index >= 15 is 0 Å². The first-order valence-electron chi connectivity index (χ1n) is 12.2. The Hall–Kier alpha value is -3.91. The highest BCUT2D eigenvalue weighted by Crippen LogP contribution is 2.43. The number of fused-ring (bicyclic) bond motifs is 1. The molecule has 1 aliphatic rings. The molecule has 0 spiro atoms. The quantitative estimate of drug-likeness (QED) is 0.334. The van der Waals surface area contributed by atoms with Gasteiger partial charge in [-0.05, 0) is 43.4 Å². The summed E-state index contributed by atoms with van der Waals surface area (Å²) in [4.78, 5) is 20.7. The number of furan rings is 1. The number of anilines is 1. The van der Waals surface area contributed by atoms with Crippen molar-refractivity contribution in [3.8, 4) is 28.2 Å². The molecule has 0 unspecified atom stereocenters. The van der Waals surface area contributed by atoms with E-state index in [2.05, 4.69) is 20.6 Å². The van der Waals surface area contributed by atoms with E-state index in [0.717, 1.165) is 65.1 Å². The third-order valence-electron chi connectivity index (χ3n) is 6.68. The lowest BCUT2D eigenvalue weighted by molar-refractivity contribution is -0.139. The first-order chi connectivity index (χ1) is 17.7. The Bertz CT molecular complexity index is 1320. The summed E-state index contributed by atoms with van der Waals surface area (Å²) in [6, 6.07) is 18.4. The molecular formula is C28H30N4O4. The number of carbonyl (C=O) groups is 1. The second kappa shape index (κ2) is 10.8. The van der Waals surface area contributed by atoms with E-state index in [0.29, 0.717) is 5.71 Å². The highest BCUT2D eigenvalue weighted by atomic mass is 16.5. The highest BCUT2D eigenvalue weighted by Gasteiger charge is 2.26. The van der Waals surface area contributed by atoms with Crippen LogP contribution >= 0.6 is 0 Å². The molecule has 2 aromatic heterocycles. The molecule has 0 bridgehead atoms. The molecule has 0 saturated heterocycles. The molecular weight excluding hydrogens is 456 g/mol. The van der Waals surface area contributed by atoms with Crippen molar-refractivity contribution in [2.24, 2.45) is 0 Å². The van der Waals surface area contributed by atoms with Gasteiger partial charge in [0.2, 0.25) is 5.71 Å². The Labute approximate surface area is 210 Å². The van der Waals surface area contributed by atoms with E-state index in [-0.39, 0.29) is 24.6 Å². The van der Waals surface area contributed by atoms with Crippen LogP contribution < -0.4 is 15.4 Å². The molecule has 186 valence electrons. The SMILES string of the molecule is COC(=O)CN[C@H]1CCC[C@@H](Nc2ncnc3oc(-c4ccccc4)c(-c4ccc(OC)cc4)c23)C1.